The molecule has 1 atom stereocenters. The highest BCUT2D eigenvalue weighted by molar-refractivity contribution is 5.56. The second-order valence-electron chi connectivity index (χ2n) is 6.29. The zero-order valence-corrected chi connectivity index (χ0v) is 12.1. The number of nitrogens with zero attached hydrogens (tertiary/aromatic N) is 1. The molecule has 1 aliphatic carbocycles. The number of likely N-dealkylation sites (N-methyl/N-ethyl adjacent to an activating group) is 1. The van der Waals surface area contributed by atoms with Crippen LogP contribution in [0, 0.1) is 0 Å². The summed E-state index contributed by atoms with van der Waals surface area (Å²) < 4.78 is 0. The van der Waals surface area contributed by atoms with E-state index in [1.54, 1.807) is 0 Å². The third kappa shape index (κ3) is 3.11. The van der Waals surface area contributed by atoms with Crippen LogP contribution in [-0.2, 0) is 6.42 Å². The number of anilines is 1. The smallest absolute Gasteiger partial charge is 0.0429 e. The minimum Gasteiger partial charge on any atom is -0.380 e. The zero-order valence-electron chi connectivity index (χ0n) is 12.1. The van der Waals surface area contributed by atoms with Gasteiger partial charge in [0.05, 0.1) is 0 Å². The van der Waals surface area contributed by atoms with Crippen molar-refractivity contribution in [1.82, 2.24) is 4.90 Å². The fourth-order valence-corrected chi connectivity index (χ4v) is 3.68. The van der Waals surface area contributed by atoms with E-state index in [4.69, 9.17) is 0 Å². The predicted molar refractivity (Wildman–Crippen MR) is 81.7 cm³/mol. The highest BCUT2D eigenvalue weighted by Gasteiger charge is 2.24. The van der Waals surface area contributed by atoms with Crippen molar-refractivity contribution < 1.29 is 0 Å². The number of fused-ring (bicyclic) bond motifs is 1. The Labute approximate surface area is 117 Å². The Balaban J connectivity index is 1.55. The van der Waals surface area contributed by atoms with Gasteiger partial charge in [0.1, 0.15) is 0 Å². The largest absolute Gasteiger partial charge is 0.380 e. The van der Waals surface area contributed by atoms with E-state index >= 15 is 0 Å². The molecule has 1 aliphatic heterocycles. The van der Waals surface area contributed by atoms with Gasteiger partial charge in [-0.1, -0.05) is 43.9 Å². The lowest BCUT2D eigenvalue weighted by Crippen LogP contribution is -2.39. The predicted octanol–water partition coefficient (Wildman–Crippen LogP) is 3.68. The van der Waals surface area contributed by atoms with Gasteiger partial charge in [0.15, 0.2) is 0 Å². The summed E-state index contributed by atoms with van der Waals surface area (Å²) in [6.07, 6.45) is 9.72. The molecule has 2 nitrogen and oxygen atoms in total. The minimum absolute atomic E-state index is 0.602. The molecule has 19 heavy (non-hydrogen) atoms. The van der Waals surface area contributed by atoms with E-state index in [1.165, 1.54) is 62.7 Å². The maximum atomic E-state index is 3.68. The van der Waals surface area contributed by atoms with Crippen molar-refractivity contribution in [3.63, 3.8) is 0 Å². The molecule has 1 saturated carbocycles. The van der Waals surface area contributed by atoms with E-state index in [0.29, 0.717) is 6.04 Å². The van der Waals surface area contributed by atoms with E-state index in [-0.39, 0.29) is 0 Å². The lowest BCUT2D eigenvalue weighted by atomic mass is 10.1. The first kappa shape index (κ1) is 13.0. The standard InChI is InChI=1S/C17H26N2/c1-19(16-9-4-2-3-5-10-16)13-15-12-14-8-6-7-11-17(14)18-15/h6-8,11,15-16,18H,2-5,9-10,12-13H2,1H3. The molecule has 1 aromatic rings. The van der Waals surface area contributed by atoms with Crippen LogP contribution in [-0.4, -0.2) is 30.6 Å². The van der Waals surface area contributed by atoms with E-state index in [1.807, 2.05) is 0 Å². The average molecular weight is 258 g/mol. The van der Waals surface area contributed by atoms with E-state index in [0.717, 1.165) is 6.04 Å². The van der Waals surface area contributed by atoms with Gasteiger partial charge in [0.2, 0.25) is 0 Å². The summed E-state index contributed by atoms with van der Waals surface area (Å²) in [6, 6.07) is 10.2. The summed E-state index contributed by atoms with van der Waals surface area (Å²) in [7, 11) is 2.32. The van der Waals surface area contributed by atoms with Crippen LogP contribution >= 0.6 is 0 Å². The second-order valence-corrected chi connectivity index (χ2v) is 6.29. The Bertz CT molecular complexity index is 382. The van der Waals surface area contributed by atoms with Crippen molar-refractivity contribution in [2.45, 2.75) is 57.0 Å². The summed E-state index contributed by atoms with van der Waals surface area (Å²) in [5.74, 6) is 0. The van der Waals surface area contributed by atoms with Gasteiger partial charge in [-0.15, -0.1) is 0 Å². The van der Waals surface area contributed by atoms with Gasteiger partial charge in [-0.25, -0.2) is 0 Å². The van der Waals surface area contributed by atoms with Gasteiger partial charge in [0, 0.05) is 24.3 Å². The molecule has 104 valence electrons. The first-order valence-electron chi connectivity index (χ1n) is 7.87. The van der Waals surface area contributed by atoms with Crippen LogP contribution < -0.4 is 5.32 Å². The summed E-state index contributed by atoms with van der Waals surface area (Å²) in [6.45, 7) is 1.18. The highest BCUT2D eigenvalue weighted by atomic mass is 15.2. The van der Waals surface area contributed by atoms with Gasteiger partial charge in [-0.2, -0.15) is 0 Å². The monoisotopic (exact) mass is 258 g/mol. The van der Waals surface area contributed by atoms with Gasteiger partial charge in [-0.05, 0) is 37.9 Å². The lowest BCUT2D eigenvalue weighted by molar-refractivity contribution is 0.213. The summed E-state index contributed by atoms with van der Waals surface area (Å²) in [5.41, 5.74) is 2.84. The molecule has 0 aromatic heterocycles. The van der Waals surface area contributed by atoms with E-state index in [9.17, 15) is 0 Å². The molecule has 1 aromatic carbocycles. The molecule has 0 radical (unpaired) electrons. The maximum Gasteiger partial charge on any atom is 0.0429 e. The Morgan fingerprint density at radius 3 is 2.58 bits per heavy atom. The molecule has 2 aliphatic rings. The van der Waals surface area contributed by atoms with E-state index < -0.39 is 0 Å². The van der Waals surface area contributed by atoms with Crippen LogP contribution in [0.1, 0.15) is 44.1 Å². The quantitative estimate of drug-likeness (QED) is 0.832. The molecule has 0 saturated heterocycles. The Hall–Kier alpha value is -1.02. The Morgan fingerprint density at radius 2 is 1.84 bits per heavy atom. The molecular formula is C17H26N2. The molecule has 0 spiro atoms. The molecule has 3 rings (SSSR count). The van der Waals surface area contributed by atoms with Crippen LogP contribution in [0.25, 0.3) is 0 Å². The van der Waals surface area contributed by atoms with Crippen LogP contribution in [0.3, 0.4) is 0 Å². The molecule has 1 heterocycles. The van der Waals surface area contributed by atoms with Crippen LogP contribution in [0.4, 0.5) is 5.69 Å². The molecule has 1 fully saturated rings. The molecular weight excluding hydrogens is 232 g/mol. The van der Waals surface area contributed by atoms with Crippen molar-refractivity contribution >= 4 is 5.69 Å². The van der Waals surface area contributed by atoms with Crippen LogP contribution in [0.2, 0.25) is 0 Å². The number of hydrogen-bond acceptors (Lipinski definition) is 2. The van der Waals surface area contributed by atoms with Crippen molar-refractivity contribution in [2.75, 3.05) is 18.9 Å². The van der Waals surface area contributed by atoms with Crippen molar-refractivity contribution in [3.05, 3.63) is 29.8 Å². The number of para-hydroxylation sites is 1. The molecule has 0 amide bonds. The summed E-state index contributed by atoms with van der Waals surface area (Å²) in [5, 5.41) is 3.68. The van der Waals surface area contributed by atoms with Gasteiger partial charge >= 0.3 is 0 Å². The number of nitrogens with one attached hydrogen (secondary N) is 1. The normalized spacial score (nSPS) is 24.0. The molecule has 1 unspecified atom stereocenters. The summed E-state index contributed by atoms with van der Waals surface area (Å²) in [4.78, 5) is 2.61. The fraction of sp³-hybridized carbons (Fsp3) is 0.647. The number of rotatable bonds is 3. The molecule has 2 heteroatoms. The third-order valence-electron chi connectivity index (χ3n) is 4.80. The summed E-state index contributed by atoms with van der Waals surface area (Å²) >= 11 is 0. The SMILES string of the molecule is CN(CC1Cc2ccccc2N1)C1CCCCCC1. The Morgan fingerprint density at radius 1 is 1.11 bits per heavy atom. The molecule has 1 N–H and O–H groups in total. The average Bonchev–Trinajstić information content (AvgIpc) is 2.63. The van der Waals surface area contributed by atoms with Crippen LogP contribution in [0.5, 0.6) is 0 Å². The second kappa shape index (κ2) is 5.96. The number of benzene rings is 1. The lowest BCUT2D eigenvalue weighted by Gasteiger charge is -2.29. The Kier molecular flexibility index (Phi) is 4.07. The van der Waals surface area contributed by atoms with Gasteiger partial charge < -0.3 is 10.2 Å². The zero-order chi connectivity index (χ0) is 13.1. The first-order valence-corrected chi connectivity index (χ1v) is 7.87. The maximum absolute atomic E-state index is 3.68. The van der Waals surface area contributed by atoms with Crippen LogP contribution in [0.15, 0.2) is 24.3 Å². The minimum atomic E-state index is 0.602. The van der Waals surface area contributed by atoms with Gasteiger partial charge in [-0.3, -0.25) is 0 Å². The van der Waals surface area contributed by atoms with Crippen molar-refractivity contribution in [3.8, 4) is 0 Å². The topological polar surface area (TPSA) is 15.3 Å². The third-order valence-corrected chi connectivity index (χ3v) is 4.80. The van der Waals surface area contributed by atoms with Gasteiger partial charge in [0.25, 0.3) is 0 Å². The number of hydrogen-bond donors (Lipinski definition) is 1. The first-order chi connectivity index (χ1) is 9.33. The fourth-order valence-electron chi connectivity index (χ4n) is 3.68. The van der Waals surface area contributed by atoms with E-state index in [2.05, 4.69) is 41.5 Å². The van der Waals surface area contributed by atoms with Crippen molar-refractivity contribution in [2.24, 2.45) is 0 Å². The van der Waals surface area contributed by atoms with Crippen molar-refractivity contribution in [1.29, 1.82) is 0 Å². The highest BCUT2D eigenvalue weighted by Crippen LogP contribution is 2.27. The molecule has 0 bridgehead atoms.